The van der Waals surface area contributed by atoms with Gasteiger partial charge < -0.3 is 26.8 Å². The van der Waals surface area contributed by atoms with Gasteiger partial charge in [-0.2, -0.15) is 4.31 Å². The Balaban J connectivity index is 1.45. The van der Waals surface area contributed by atoms with Gasteiger partial charge in [0.2, 0.25) is 15.9 Å². The molecule has 0 saturated carbocycles. The van der Waals surface area contributed by atoms with Crippen LogP contribution in [0.1, 0.15) is 56.6 Å². The molecule has 3 amide bonds. The van der Waals surface area contributed by atoms with E-state index >= 15 is 0 Å². The second kappa shape index (κ2) is 19.0. The summed E-state index contributed by atoms with van der Waals surface area (Å²) in [7, 11) is -3.89. The van der Waals surface area contributed by atoms with Crippen molar-refractivity contribution in [2.45, 2.75) is 62.4 Å². The number of carbonyl (C=O) groups is 2. The minimum absolute atomic E-state index is 0.0308. The minimum atomic E-state index is -3.89. The van der Waals surface area contributed by atoms with Gasteiger partial charge in [0.25, 0.3) is 0 Å². The monoisotopic (exact) mass is 702 g/mol. The molecule has 50 heavy (non-hydrogen) atoms. The second-order valence-corrected chi connectivity index (χ2v) is 14.8. The number of benzene rings is 3. The van der Waals surface area contributed by atoms with Crippen molar-refractivity contribution < 1.29 is 23.1 Å². The quantitative estimate of drug-likeness (QED) is 0.0970. The van der Waals surface area contributed by atoms with Crippen molar-refractivity contribution in [1.29, 1.82) is 0 Å². The number of aliphatic imine (C=N–C) groups is 1. The van der Waals surface area contributed by atoms with Crippen LogP contribution in [0.25, 0.3) is 0 Å². The van der Waals surface area contributed by atoms with Crippen LogP contribution in [0, 0.1) is 5.92 Å². The maximum atomic E-state index is 13.9. The summed E-state index contributed by atoms with van der Waals surface area (Å²) in [6.45, 7) is 5.08. The van der Waals surface area contributed by atoms with Gasteiger partial charge in [-0.15, -0.1) is 0 Å². The number of sulfonamides is 1. The van der Waals surface area contributed by atoms with Crippen LogP contribution in [0.4, 0.5) is 10.5 Å². The average Bonchev–Trinajstić information content (AvgIpc) is 3.12. The maximum Gasteiger partial charge on any atom is 0.315 e. The van der Waals surface area contributed by atoms with Crippen LogP contribution in [-0.4, -0.2) is 80.9 Å². The van der Waals surface area contributed by atoms with Gasteiger partial charge in [-0.1, -0.05) is 87.0 Å². The molecule has 0 fully saturated rings. The Morgan fingerprint density at radius 1 is 0.920 bits per heavy atom. The summed E-state index contributed by atoms with van der Waals surface area (Å²) < 4.78 is 28.6. The zero-order valence-corrected chi connectivity index (χ0v) is 29.7. The zero-order valence-electron chi connectivity index (χ0n) is 28.9. The molecule has 268 valence electrons. The van der Waals surface area contributed by atoms with Gasteiger partial charge in [0.05, 0.1) is 11.5 Å². The number of rotatable bonds is 18. The number of carbonyl (C=O) groups excluding carboxylic acids is 2. The van der Waals surface area contributed by atoms with Crippen molar-refractivity contribution in [3.8, 4) is 0 Å². The number of amides is 3. The number of aliphatic hydroxyl groups excluding tert-OH is 1. The van der Waals surface area contributed by atoms with E-state index in [0.29, 0.717) is 38.0 Å². The second-order valence-electron chi connectivity index (χ2n) is 12.9. The minimum Gasteiger partial charge on any atom is -0.399 e. The molecule has 0 aromatic heterocycles. The highest BCUT2D eigenvalue weighted by Crippen LogP contribution is 2.29. The summed E-state index contributed by atoms with van der Waals surface area (Å²) in [5.41, 5.74) is 8.90. The maximum absolute atomic E-state index is 13.9. The van der Waals surface area contributed by atoms with Gasteiger partial charge in [0.1, 0.15) is 6.04 Å². The smallest absolute Gasteiger partial charge is 0.315 e. The molecule has 3 aromatic rings. The molecule has 2 atom stereocenters. The van der Waals surface area contributed by atoms with Crippen LogP contribution in [0.3, 0.4) is 0 Å². The molecule has 0 saturated heterocycles. The first-order valence-electron chi connectivity index (χ1n) is 17.2. The number of aliphatic hydroxyl groups is 1. The molecule has 1 aliphatic rings. The van der Waals surface area contributed by atoms with Crippen molar-refractivity contribution in [2.75, 3.05) is 38.5 Å². The number of nitrogens with one attached hydrogen (secondary N) is 3. The van der Waals surface area contributed by atoms with Crippen molar-refractivity contribution in [2.24, 2.45) is 10.9 Å². The Kier molecular flexibility index (Phi) is 14.6. The first kappa shape index (κ1) is 38.3. The Morgan fingerprint density at radius 2 is 1.56 bits per heavy atom. The molecule has 1 aliphatic heterocycles. The average molecular weight is 703 g/mol. The molecule has 0 radical (unpaired) electrons. The lowest BCUT2D eigenvalue weighted by Crippen LogP contribution is -2.53. The molecule has 4 rings (SSSR count). The van der Waals surface area contributed by atoms with Gasteiger partial charge in [0, 0.05) is 50.0 Å². The number of hydrogen-bond acceptors (Lipinski definition) is 7. The van der Waals surface area contributed by atoms with E-state index in [-0.39, 0.29) is 29.9 Å². The van der Waals surface area contributed by atoms with Crippen molar-refractivity contribution in [3.63, 3.8) is 0 Å². The fourth-order valence-corrected chi connectivity index (χ4v) is 7.79. The number of nitrogens with zero attached hydrogens (tertiary/aromatic N) is 2. The van der Waals surface area contributed by atoms with Crippen molar-refractivity contribution in [1.82, 2.24) is 20.3 Å². The number of nitrogen functional groups attached to an aromatic ring is 1. The number of urea groups is 1. The highest BCUT2D eigenvalue weighted by Gasteiger charge is 2.33. The predicted octanol–water partition coefficient (Wildman–Crippen LogP) is 4.46. The van der Waals surface area contributed by atoms with E-state index in [2.05, 4.69) is 20.9 Å². The van der Waals surface area contributed by atoms with E-state index in [1.807, 2.05) is 80.6 Å². The van der Waals surface area contributed by atoms with Crippen LogP contribution < -0.4 is 21.7 Å². The summed E-state index contributed by atoms with van der Waals surface area (Å²) in [4.78, 5) is 31.6. The van der Waals surface area contributed by atoms with Gasteiger partial charge in [-0.05, 0) is 66.1 Å². The summed E-state index contributed by atoms with van der Waals surface area (Å²) in [6, 6.07) is 23.2. The number of nitrogens with two attached hydrogens (primary N) is 1. The van der Waals surface area contributed by atoms with Crippen LogP contribution >= 0.6 is 0 Å². The molecule has 6 N–H and O–H groups in total. The fourth-order valence-electron chi connectivity index (χ4n) is 5.98. The summed E-state index contributed by atoms with van der Waals surface area (Å²) in [5.74, 6) is -0.786. The molecule has 0 unspecified atom stereocenters. The third-order valence-corrected chi connectivity index (χ3v) is 10.4. The van der Waals surface area contributed by atoms with Gasteiger partial charge >= 0.3 is 6.03 Å². The summed E-state index contributed by atoms with van der Waals surface area (Å²) in [5, 5.41) is 19.1. The summed E-state index contributed by atoms with van der Waals surface area (Å²) >= 11 is 0. The third kappa shape index (κ3) is 11.0. The normalized spacial score (nSPS) is 14.3. The highest BCUT2D eigenvalue weighted by molar-refractivity contribution is 7.89. The number of anilines is 1. The standard InChI is InChI=1S/C38H50N6O5S/c1-28(2)26-44(50(48,49)34-20-18-32(39)19-21-34)33(27-45)17-9-10-23-41-37(46)36(43-38(47)42-25-29-12-11-22-40-24-29)35(30-13-5-3-6-14-30)31-15-7-4-8-16-31/h3-8,12-16,18-21,24,28,33,35-36,45H,9-11,17,22-23,25-27,39H2,1-2H3,(H,41,46)(H2,42,43,47)/t33-,36-/m0/s1. The van der Waals surface area contributed by atoms with Gasteiger partial charge in [-0.3, -0.25) is 9.79 Å². The third-order valence-electron chi connectivity index (χ3n) is 8.51. The predicted molar refractivity (Wildman–Crippen MR) is 198 cm³/mol. The van der Waals surface area contributed by atoms with Gasteiger partial charge in [-0.25, -0.2) is 13.2 Å². The zero-order chi connectivity index (χ0) is 35.9. The Hall–Kier alpha value is -4.52. The van der Waals surface area contributed by atoms with E-state index in [1.54, 1.807) is 18.3 Å². The molecular weight excluding hydrogens is 653 g/mol. The van der Waals surface area contributed by atoms with Crippen LogP contribution in [0.2, 0.25) is 0 Å². The lowest BCUT2D eigenvalue weighted by molar-refractivity contribution is -0.123. The molecule has 0 aliphatic carbocycles. The SMILES string of the molecule is CC(C)CN([C@H](CO)CCCCNC(=O)[C@@H](NC(=O)NCC1=CCCN=C1)C(c1ccccc1)c1ccccc1)S(=O)(=O)c1ccc(N)cc1. The number of dihydropyridines is 1. The van der Waals surface area contributed by atoms with E-state index in [0.717, 1.165) is 29.7 Å². The van der Waals surface area contributed by atoms with E-state index in [4.69, 9.17) is 5.73 Å². The summed E-state index contributed by atoms with van der Waals surface area (Å²) in [6.07, 6.45) is 6.08. The molecule has 11 nitrogen and oxygen atoms in total. The number of hydrogen-bond donors (Lipinski definition) is 5. The first-order chi connectivity index (χ1) is 24.1. The van der Waals surface area contributed by atoms with E-state index in [1.165, 1.54) is 16.4 Å². The lowest BCUT2D eigenvalue weighted by atomic mass is 9.84. The molecule has 3 aromatic carbocycles. The fraction of sp³-hybridized carbons (Fsp3) is 0.395. The Bertz CT molecular complexity index is 1640. The van der Waals surface area contributed by atoms with E-state index in [9.17, 15) is 23.1 Å². The molecule has 12 heteroatoms. The number of unbranched alkanes of at least 4 members (excludes halogenated alkanes) is 1. The van der Waals surface area contributed by atoms with Gasteiger partial charge in [0.15, 0.2) is 0 Å². The highest BCUT2D eigenvalue weighted by atomic mass is 32.2. The molecular formula is C38H50N6O5S. The van der Waals surface area contributed by atoms with Crippen molar-refractivity contribution in [3.05, 3.63) is 108 Å². The Labute approximate surface area is 296 Å². The van der Waals surface area contributed by atoms with Crippen LogP contribution in [0.5, 0.6) is 0 Å². The Morgan fingerprint density at radius 3 is 2.12 bits per heavy atom. The van der Waals surface area contributed by atoms with Crippen molar-refractivity contribution >= 4 is 33.9 Å². The molecule has 0 bridgehead atoms. The van der Waals surface area contributed by atoms with Crippen LogP contribution in [-0.2, 0) is 14.8 Å². The lowest BCUT2D eigenvalue weighted by Gasteiger charge is -2.31. The first-order valence-corrected chi connectivity index (χ1v) is 18.6. The largest absolute Gasteiger partial charge is 0.399 e. The van der Waals surface area contributed by atoms with Crippen LogP contribution in [0.15, 0.2) is 106 Å². The molecule has 1 heterocycles. The topological polar surface area (TPSA) is 166 Å². The van der Waals surface area contributed by atoms with E-state index < -0.39 is 34.1 Å². The molecule has 0 spiro atoms.